The van der Waals surface area contributed by atoms with Crippen LogP contribution in [0.1, 0.15) is 30.6 Å². The lowest BCUT2D eigenvalue weighted by Gasteiger charge is -2.16. The van der Waals surface area contributed by atoms with Crippen molar-refractivity contribution in [1.29, 1.82) is 0 Å². The number of carboxylic acids is 1. The Labute approximate surface area is 151 Å². The van der Waals surface area contributed by atoms with Crippen molar-refractivity contribution in [1.82, 2.24) is 20.4 Å². The Bertz CT molecular complexity index is 754. The van der Waals surface area contributed by atoms with Crippen LogP contribution in [0.5, 0.6) is 0 Å². The van der Waals surface area contributed by atoms with Crippen LogP contribution in [-0.2, 0) is 9.59 Å². The number of rotatable bonds is 8. The van der Waals surface area contributed by atoms with Gasteiger partial charge >= 0.3 is 5.97 Å². The lowest BCUT2D eigenvalue weighted by atomic mass is 10.0. The van der Waals surface area contributed by atoms with E-state index >= 15 is 0 Å². The third-order valence-electron chi connectivity index (χ3n) is 3.65. The van der Waals surface area contributed by atoms with Gasteiger partial charge in [0.2, 0.25) is 5.91 Å². The van der Waals surface area contributed by atoms with Crippen LogP contribution in [0, 0.1) is 5.92 Å². The molecule has 0 saturated heterocycles. The first-order chi connectivity index (χ1) is 12.4. The third-order valence-corrected chi connectivity index (χ3v) is 3.65. The molecule has 0 aliphatic heterocycles. The van der Waals surface area contributed by atoms with Crippen molar-refractivity contribution >= 4 is 17.8 Å². The van der Waals surface area contributed by atoms with Crippen molar-refractivity contribution < 1.29 is 19.5 Å². The highest BCUT2D eigenvalue weighted by Gasteiger charge is 2.21. The summed E-state index contributed by atoms with van der Waals surface area (Å²) in [6.45, 7) is 3.45. The molecule has 1 atom stereocenters. The van der Waals surface area contributed by atoms with Gasteiger partial charge in [0.25, 0.3) is 5.91 Å². The summed E-state index contributed by atoms with van der Waals surface area (Å²) >= 11 is 0. The van der Waals surface area contributed by atoms with Crippen LogP contribution in [0.2, 0.25) is 0 Å². The molecule has 0 radical (unpaired) electrons. The number of amides is 2. The minimum atomic E-state index is -1.09. The predicted molar refractivity (Wildman–Crippen MR) is 94.9 cm³/mol. The fourth-order valence-electron chi connectivity index (χ4n) is 2.39. The molecule has 0 aliphatic carbocycles. The lowest BCUT2D eigenvalue weighted by Crippen LogP contribution is -2.46. The summed E-state index contributed by atoms with van der Waals surface area (Å²) in [5, 5.41) is 18.1. The Balaban J connectivity index is 1.87. The largest absolute Gasteiger partial charge is 0.480 e. The maximum Gasteiger partial charge on any atom is 0.326 e. The molecule has 1 aromatic heterocycles. The molecule has 2 rings (SSSR count). The molecule has 0 aliphatic rings. The molecule has 1 heterocycles. The van der Waals surface area contributed by atoms with Crippen molar-refractivity contribution in [3.63, 3.8) is 0 Å². The first kappa shape index (κ1) is 19.2. The van der Waals surface area contributed by atoms with E-state index in [-0.39, 0.29) is 12.5 Å². The zero-order valence-electron chi connectivity index (χ0n) is 14.7. The quantitative estimate of drug-likeness (QED) is 0.657. The zero-order valence-corrected chi connectivity index (χ0v) is 14.7. The van der Waals surface area contributed by atoms with Crippen molar-refractivity contribution in [2.75, 3.05) is 6.54 Å². The van der Waals surface area contributed by atoms with Crippen molar-refractivity contribution in [3.8, 4) is 5.69 Å². The summed E-state index contributed by atoms with van der Waals surface area (Å²) in [4.78, 5) is 35.1. The summed E-state index contributed by atoms with van der Waals surface area (Å²) in [6, 6.07) is 7.57. The molecule has 26 heavy (non-hydrogen) atoms. The SMILES string of the molecule is CC(C)C[C@H](NC(=O)CNC(=O)c1ccc(-n2cccn2)cc1)C(=O)O. The number of hydrogen-bond donors (Lipinski definition) is 3. The summed E-state index contributed by atoms with van der Waals surface area (Å²) in [5.74, 6) is -1.92. The molecule has 138 valence electrons. The summed E-state index contributed by atoms with van der Waals surface area (Å²) in [5.41, 5.74) is 1.20. The molecule has 3 N–H and O–H groups in total. The van der Waals surface area contributed by atoms with Crippen LogP contribution in [-0.4, -0.2) is 45.3 Å². The highest BCUT2D eigenvalue weighted by Crippen LogP contribution is 2.08. The Morgan fingerprint density at radius 1 is 1.19 bits per heavy atom. The van der Waals surface area contributed by atoms with Gasteiger partial charge in [0.1, 0.15) is 6.04 Å². The van der Waals surface area contributed by atoms with Crippen LogP contribution < -0.4 is 10.6 Å². The van der Waals surface area contributed by atoms with Gasteiger partial charge in [-0.15, -0.1) is 0 Å². The summed E-state index contributed by atoms with van der Waals surface area (Å²) < 4.78 is 1.66. The van der Waals surface area contributed by atoms with Crippen LogP contribution >= 0.6 is 0 Å². The predicted octanol–water partition coefficient (Wildman–Crippen LogP) is 1.22. The molecule has 1 aromatic carbocycles. The second-order valence-electron chi connectivity index (χ2n) is 6.27. The van der Waals surface area contributed by atoms with Gasteiger partial charge < -0.3 is 15.7 Å². The highest BCUT2D eigenvalue weighted by atomic mass is 16.4. The fraction of sp³-hybridized carbons (Fsp3) is 0.333. The van der Waals surface area contributed by atoms with Crippen molar-refractivity contribution in [2.45, 2.75) is 26.3 Å². The normalized spacial score (nSPS) is 11.8. The maximum atomic E-state index is 12.1. The van der Waals surface area contributed by atoms with Gasteiger partial charge in [-0.1, -0.05) is 13.8 Å². The van der Waals surface area contributed by atoms with Gasteiger partial charge in [-0.3, -0.25) is 9.59 Å². The van der Waals surface area contributed by atoms with E-state index in [1.807, 2.05) is 13.8 Å². The number of carbonyl (C=O) groups excluding carboxylic acids is 2. The second kappa shape index (κ2) is 8.80. The molecule has 2 amide bonds. The van der Waals surface area contributed by atoms with Crippen molar-refractivity contribution in [3.05, 3.63) is 48.3 Å². The van der Waals surface area contributed by atoms with Gasteiger partial charge in [0.15, 0.2) is 0 Å². The van der Waals surface area contributed by atoms with Crippen LogP contribution in [0.15, 0.2) is 42.7 Å². The molecule has 8 heteroatoms. The van der Waals surface area contributed by atoms with E-state index in [0.29, 0.717) is 12.0 Å². The van der Waals surface area contributed by atoms with E-state index in [4.69, 9.17) is 5.11 Å². The van der Waals surface area contributed by atoms with Gasteiger partial charge in [-0.05, 0) is 42.7 Å². The Morgan fingerprint density at radius 3 is 2.42 bits per heavy atom. The number of nitrogens with zero attached hydrogens (tertiary/aromatic N) is 2. The average molecular weight is 358 g/mol. The van der Waals surface area contributed by atoms with Gasteiger partial charge in [0.05, 0.1) is 12.2 Å². The molecule has 0 saturated carbocycles. The average Bonchev–Trinajstić information content (AvgIpc) is 3.13. The monoisotopic (exact) mass is 358 g/mol. The number of nitrogens with one attached hydrogen (secondary N) is 2. The van der Waals surface area contributed by atoms with E-state index in [1.54, 1.807) is 47.4 Å². The summed E-state index contributed by atoms with van der Waals surface area (Å²) in [7, 11) is 0. The van der Waals surface area contributed by atoms with E-state index in [9.17, 15) is 14.4 Å². The smallest absolute Gasteiger partial charge is 0.326 e. The van der Waals surface area contributed by atoms with Crippen LogP contribution in [0.4, 0.5) is 0 Å². The first-order valence-corrected chi connectivity index (χ1v) is 8.27. The standard InChI is InChI=1S/C18H22N4O4/c1-12(2)10-15(18(25)26)21-16(23)11-19-17(24)13-4-6-14(7-5-13)22-9-3-8-20-22/h3-9,12,15H,10-11H2,1-2H3,(H,19,24)(H,21,23)(H,25,26)/t15-/m0/s1. The van der Waals surface area contributed by atoms with E-state index in [0.717, 1.165) is 5.69 Å². The Hall–Kier alpha value is -3.16. The number of carbonyl (C=O) groups is 3. The maximum absolute atomic E-state index is 12.1. The van der Waals surface area contributed by atoms with Gasteiger partial charge in [-0.2, -0.15) is 5.10 Å². The molecule has 0 spiro atoms. The minimum absolute atomic E-state index is 0.124. The first-order valence-electron chi connectivity index (χ1n) is 8.27. The molecule has 0 fully saturated rings. The molecular weight excluding hydrogens is 336 g/mol. The molecular formula is C18H22N4O4. The Kier molecular flexibility index (Phi) is 6.48. The second-order valence-corrected chi connectivity index (χ2v) is 6.27. The third kappa shape index (κ3) is 5.44. The minimum Gasteiger partial charge on any atom is -0.480 e. The van der Waals surface area contributed by atoms with E-state index < -0.39 is 23.8 Å². The number of hydrogen-bond acceptors (Lipinski definition) is 4. The highest BCUT2D eigenvalue weighted by molar-refractivity contribution is 5.97. The lowest BCUT2D eigenvalue weighted by molar-refractivity contribution is -0.142. The molecule has 8 nitrogen and oxygen atoms in total. The van der Waals surface area contributed by atoms with E-state index in [1.165, 1.54) is 0 Å². The van der Waals surface area contributed by atoms with Gasteiger partial charge in [0, 0.05) is 18.0 Å². The van der Waals surface area contributed by atoms with Crippen LogP contribution in [0.25, 0.3) is 5.69 Å². The number of aromatic nitrogens is 2. The zero-order chi connectivity index (χ0) is 19.1. The number of carboxylic acid groups (broad SMARTS) is 1. The fourth-order valence-corrected chi connectivity index (χ4v) is 2.39. The number of aliphatic carboxylic acids is 1. The topological polar surface area (TPSA) is 113 Å². The van der Waals surface area contributed by atoms with Crippen molar-refractivity contribution in [2.24, 2.45) is 5.92 Å². The summed E-state index contributed by atoms with van der Waals surface area (Å²) in [6.07, 6.45) is 3.77. The Morgan fingerprint density at radius 2 is 1.88 bits per heavy atom. The molecule has 0 unspecified atom stereocenters. The molecule has 2 aromatic rings. The van der Waals surface area contributed by atoms with E-state index in [2.05, 4.69) is 15.7 Å². The number of benzene rings is 1. The van der Waals surface area contributed by atoms with Crippen LogP contribution in [0.3, 0.4) is 0 Å². The molecule has 0 bridgehead atoms. The van der Waals surface area contributed by atoms with Gasteiger partial charge in [-0.25, -0.2) is 9.48 Å².